The number of nitrogens with zero attached hydrogens (tertiary/aromatic N) is 1. The SMILES string of the molecule is CC1C(c2ccco2)N1C(c1ccccc1)c1ccccc1. The fourth-order valence-electron chi connectivity index (χ4n) is 3.42. The molecule has 0 aliphatic carbocycles. The molecule has 0 N–H and O–H groups in total. The van der Waals surface area contributed by atoms with Gasteiger partial charge in [-0.3, -0.25) is 4.90 Å². The Hall–Kier alpha value is -2.32. The monoisotopic (exact) mass is 289 g/mol. The Labute approximate surface area is 131 Å². The van der Waals surface area contributed by atoms with Gasteiger partial charge in [-0.05, 0) is 30.2 Å². The van der Waals surface area contributed by atoms with E-state index in [1.165, 1.54) is 11.1 Å². The van der Waals surface area contributed by atoms with E-state index < -0.39 is 0 Å². The summed E-state index contributed by atoms with van der Waals surface area (Å²) in [5.74, 6) is 1.06. The molecule has 2 heteroatoms. The topological polar surface area (TPSA) is 16.1 Å². The lowest BCUT2D eigenvalue weighted by molar-refractivity contribution is 0.387. The lowest BCUT2D eigenvalue weighted by Crippen LogP contribution is -2.13. The third-order valence-corrected chi connectivity index (χ3v) is 4.52. The maximum absolute atomic E-state index is 5.64. The Bertz CT molecular complexity index is 681. The van der Waals surface area contributed by atoms with Crippen LogP contribution in [0.25, 0.3) is 0 Å². The first-order chi connectivity index (χ1) is 10.9. The molecule has 4 rings (SSSR count). The highest BCUT2D eigenvalue weighted by molar-refractivity contribution is 5.35. The maximum Gasteiger partial charge on any atom is 0.122 e. The first kappa shape index (κ1) is 13.4. The van der Waals surface area contributed by atoms with Crippen LogP contribution in [0.4, 0.5) is 0 Å². The molecule has 2 aromatic carbocycles. The molecule has 2 nitrogen and oxygen atoms in total. The van der Waals surface area contributed by atoms with Gasteiger partial charge in [-0.1, -0.05) is 60.7 Å². The second-order valence-electron chi connectivity index (χ2n) is 5.87. The van der Waals surface area contributed by atoms with Gasteiger partial charge < -0.3 is 4.42 Å². The van der Waals surface area contributed by atoms with E-state index in [2.05, 4.69) is 78.6 Å². The Balaban J connectivity index is 1.73. The van der Waals surface area contributed by atoms with E-state index in [-0.39, 0.29) is 6.04 Å². The van der Waals surface area contributed by atoms with Gasteiger partial charge in [-0.15, -0.1) is 0 Å². The summed E-state index contributed by atoms with van der Waals surface area (Å²) in [6.07, 6.45) is 1.76. The van der Waals surface area contributed by atoms with Crippen LogP contribution < -0.4 is 0 Å². The van der Waals surface area contributed by atoms with E-state index in [1.807, 2.05) is 6.07 Å². The van der Waals surface area contributed by atoms with Crippen molar-refractivity contribution in [3.8, 4) is 0 Å². The first-order valence-electron chi connectivity index (χ1n) is 7.77. The van der Waals surface area contributed by atoms with Crippen molar-refractivity contribution in [3.05, 3.63) is 95.9 Å². The van der Waals surface area contributed by atoms with Crippen molar-refractivity contribution in [2.75, 3.05) is 0 Å². The van der Waals surface area contributed by atoms with Crippen LogP contribution in [0.15, 0.2) is 83.5 Å². The Morgan fingerprint density at radius 3 is 1.91 bits per heavy atom. The summed E-state index contributed by atoms with van der Waals surface area (Å²) in [7, 11) is 0. The average Bonchev–Trinajstić information content (AvgIpc) is 3.00. The molecule has 3 aromatic rings. The number of hydrogen-bond donors (Lipinski definition) is 0. The largest absolute Gasteiger partial charge is 0.468 e. The minimum absolute atomic E-state index is 0.271. The van der Waals surface area contributed by atoms with Crippen LogP contribution in [-0.2, 0) is 0 Å². The molecular weight excluding hydrogens is 270 g/mol. The molecule has 1 aliphatic heterocycles. The Morgan fingerprint density at radius 1 is 0.818 bits per heavy atom. The predicted molar refractivity (Wildman–Crippen MR) is 87.5 cm³/mol. The minimum Gasteiger partial charge on any atom is -0.468 e. The molecule has 2 heterocycles. The normalized spacial score (nSPS) is 23.6. The van der Waals surface area contributed by atoms with Crippen LogP contribution in [-0.4, -0.2) is 10.9 Å². The van der Waals surface area contributed by atoms with Crippen LogP contribution in [0.2, 0.25) is 0 Å². The van der Waals surface area contributed by atoms with E-state index in [9.17, 15) is 0 Å². The van der Waals surface area contributed by atoms with E-state index in [1.54, 1.807) is 6.26 Å². The minimum atomic E-state index is 0.271. The molecule has 0 spiro atoms. The smallest absolute Gasteiger partial charge is 0.122 e. The molecule has 22 heavy (non-hydrogen) atoms. The summed E-state index contributed by atoms with van der Waals surface area (Å²) in [4.78, 5) is 2.52. The van der Waals surface area contributed by atoms with Gasteiger partial charge in [-0.2, -0.15) is 0 Å². The van der Waals surface area contributed by atoms with Crippen LogP contribution in [0.1, 0.15) is 35.9 Å². The molecule has 3 atom stereocenters. The van der Waals surface area contributed by atoms with Crippen molar-refractivity contribution in [1.29, 1.82) is 0 Å². The fourth-order valence-corrected chi connectivity index (χ4v) is 3.42. The van der Waals surface area contributed by atoms with Crippen molar-refractivity contribution in [2.45, 2.75) is 25.0 Å². The van der Waals surface area contributed by atoms with E-state index in [0.29, 0.717) is 12.1 Å². The molecule has 0 radical (unpaired) electrons. The van der Waals surface area contributed by atoms with Crippen molar-refractivity contribution in [1.82, 2.24) is 4.90 Å². The molecule has 0 saturated carbocycles. The van der Waals surface area contributed by atoms with Gasteiger partial charge in [0.05, 0.1) is 18.3 Å². The van der Waals surface area contributed by atoms with Crippen molar-refractivity contribution < 1.29 is 4.42 Å². The van der Waals surface area contributed by atoms with Gasteiger partial charge in [0.1, 0.15) is 5.76 Å². The van der Waals surface area contributed by atoms with Crippen LogP contribution >= 0.6 is 0 Å². The van der Waals surface area contributed by atoms with Crippen molar-refractivity contribution >= 4 is 0 Å². The lowest BCUT2D eigenvalue weighted by atomic mass is 9.98. The van der Waals surface area contributed by atoms with E-state index in [0.717, 1.165) is 5.76 Å². The summed E-state index contributed by atoms with van der Waals surface area (Å²) in [5.41, 5.74) is 2.66. The average molecular weight is 289 g/mol. The van der Waals surface area contributed by atoms with Crippen molar-refractivity contribution in [3.63, 3.8) is 0 Å². The third kappa shape index (κ3) is 2.26. The highest BCUT2D eigenvalue weighted by atomic mass is 16.3. The molecule has 1 aromatic heterocycles. The lowest BCUT2D eigenvalue weighted by Gasteiger charge is -2.21. The zero-order chi connectivity index (χ0) is 14.9. The standard InChI is InChI=1S/C20H19NO/c1-15-19(18-13-8-14-22-18)21(15)20(16-9-4-2-5-10-16)17-11-6-3-7-12-17/h2-15,19-20H,1H3. The number of furan rings is 1. The van der Waals surface area contributed by atoms with Gasteiger partial charge in [0.25, 0.3) is 0 Å². The second-order valence-corrected chi connectivity index (χ2v) is 5.87. The number of hydrogen-bond acceptors (Lipinski definition) is 2. The zero-order valence-corrected chi connectivity index (χ0v) is 12.6. The Morgan fingerprint density at radius 2 is 1.41 bits per heavy atom. The predicted octanol–water partition coefficient (Wildman–Crippen LogP) is 4.81. The number of benzene rings is 2. The van der Waals surface area contributed by atoms with Gasteiger partial charge >= 0.3 is 0 Å². The van der Waals surface area contributed by atoms with Gasteiger partial charge in [0.2, 0.25) is 0 Å². The van der Waals surface area contributed by atoms with Gasteiger partial charge in [-0.25, -0.2) is 0 Å². The molecule has 3 unspecified atom stereocenters. The van der Waals surface area contributed by atoms with Crippen molar-refractivity contribution in [2.24, 2.45) is 0 Å². The van der Waals surface area contributed by atoms with Gasteiger partial charge in [0.15, 0.2) is 0 Å². The summed E-state index contributed by atoms with van der Waals surface area (Å²) in [6, 6.07) is 26.6. The van der Waals surface area contributed by atoms with Crippen LogP contribution in [0, 0.1) is 0 Å². The van der Waals surface area contributed by atoms with E-state index in [4.69, 9.17) is 4.42 Å². The molecule has 0 amide bonds. The van der Waals surface area contributed by atoms with Gasteiger partial charge in [0, 0.05) is 6.04 Å². The summed E-state index contributed by atoms with van der Waals surface area (Å²) < 4.78 is 5.64. The summed E-state index contributed by atoms with van der Waals surface area (Å²) in [5, 5.41) is 0. The van der Waals surface area contributed by atoms with E-state index >= 15 is 0 Å². The summed E-state index contributed by atoms with van der Waals surface area (Å²) in [6.45, 7) is 2.27. The molecule has 0 bridgehead atoms. The third-order valence-electron chi connectivity index (χ3n) is 4.52. The van der Waals surface area contributed by atoms with Crippen LogP contribution in [0.5, 0.6) is 0 Å². The second kappa shape index (κ2) is 5.47. The quantitative estimate of drug-likeness (QED) is 0.640. The Kier molecular flexibility index (Phi) is 3.32. The summed E-state index contributed by atoms with van der Waals surface area (Å²) >= 11 is 0. The molecular formula is C20H19NO. The molecule has 1 aliphatic rings. The highest BCUT2D eigenvalue weighted by Gasteiger charge is 2.51. The molecule has 110 valence electrons. The molecule has 1 saturated heterocycles. The molecule has 1 fully saturated rings. The highest BCUT2D eigenvalue weighted by Crippen LogP contribution is 2.51. The fraction of sp³-hybridized carbons (Fsp3) is 0.200. The van der Waals surface area contributed by atoms with Crippen LogP contribution in [0.3, 0.4) is 0 Å². The maximum atomic E-state index is 5.64. The first-order valence-corrected chi connectivity index (χ1v) is 7.77. The number of rotatable bonds is 4. The zero-order valence-electron chi connectivity index (χ0n) is 12.6.